The molecule has 0 N–H and O–H groups in total. The van der Waals surface area contributed by atoms with Gasteiger partial charge in [-0.3, -0.25) is 0 Å². The van der Waals surface area contributed by atoms with Gasteiger partial charge in [-0.15, -0.1) is 0 Å². The van der Waals surface area contributed by atoms with Crippen LogP contribution in [0.1, 0.15) is 0 Å². The topological polar surface area (TPSA) is 60.8 Å². The van der Waals surface area contributed by atoms with Crippen LogP contribution in [0.3, 0.4) is 0 Å². The third-order valence-corrected chi connectivity index (χ3v) is 5.77. The number of fused-ring (bicyclic) bond motifs is 1. The Morgan fingerprint density at radius 1 is 1.04 bits per heavy atom. The van der Waals surface area contributed by atoms with Crippen LogP contribution in [0.4, 0.5) is 0 Å². The molecule has 0 saturated carbocycles. The Bertz CT molecular complexity index is 992. The first-order valence-corrected chi connectivity index (χ1v) is 9.65. The van der Waals surface area contributed by atoms with Gasteiger partial charge in [0, 0.05) is 18.1 Å². The third-order valence-electron chi connectivity index (χ3n) is 4.07. The third kappa shape index (κ3) is 3.54. The molecule has 138 valence electrons. The molecule has 3 rings (SSSR count). The van der Waals surface area contributed by atoms with Crippen molar-refractivity contribution in [3.8, 4) is 11.5 Å². The lowest BCUT2D eigenvalue weighted by Gasteiger charge is -2.12. The van der Waals surface area contributed by atoms with E-state index < -0.39 is 10.0 Å². The Hall–Kier alpha value is -2.51. The van der Waals surface area contributed by atoms with Crippen molar-refractivity contribution >= 4 is 20.9 Å². The number of hydrogen-bond acceptors (Lipinski definition) is 5. The van der Waals surface area contributed by atoms with Crippen molar-refractivity contribution in [1.29, 1.82) is 0 Å². The smallest absolute Gasteiger partial charge is 0.268 e. The zero-order valence-corrected chi connectivity index (χ0v) is 15.9. The Labute approximate surface area is 153 Å². The number of rotatable bonds is 7. The van der Waals surface area contributed by atoms with Crippen molar-refractivity contribution in [2.75, 3.05) is 34.4 Å². The lowest BCUT2D eigenvalue weighted by Crippen LogP contribution is -2.19. The molecular weight excluding hydrogens is 352 g/mol. The van der Waals surface area contributed by atoms with Crippen LogP contribution in [0.2, 0.25) is 0 Å². The van der Waals surface area contributed by atoms with Gasteiger partial charge in [-0.25, -0.2) is 12.4 Å². The Balaban J connectivity index is 1.97. The van der Waals surface area contributed by atoms with Crippen LogP contribution in [-0.2, 0) is 10.0 Å². The maximum Gasteiger partial charge on any atom is 0.268 e. The summed E-state index contributed by atoms with van der Waals surface area (Å²) in [4.78, 5) is 2.23. The molecule has 0 aliphatic heterocycles. The summed E-state index contributed by atoms with van der Waals surface area (Å²) in [5, 5.41) is 0.767. The molecule has 0 amide bonds. The fourth-order valence-electron chi connectivity index (χ4n) is 2.65. The predicted octanol–water partition coefficient (Wildman–Crippen LogP) is 2.83. The number of benzene rings is 2. The number of aromatic nitrogens is 1. The normalized spacial score (nSPS) is 11.8. The minimum Gasteiger partial charge on any atom is -0.497 e. The lowest BCUT2D eigenvalue weighted by molar-refractivity contribution is 0.263. The fourth-order valence-corrected chi connectivity index (χ4v) is 4.00. The first kappa shape index (κ1) is 18.3. The quantitative estimate of drug-likeness (QED) is 0.636. The summed E-state index contributed by atoms with van der Waals surface area (Å²) < 4.78 is 38.2. The molecule has 0 bridgehead atoms. The molecule has 0 aliphatic carbocycles. The maximum atomic E-state index is 13.0. The van der Waals surface area contributed by atoms with E-state index in [1.54, 1.807) is 43.6 Å². The van der Waals surface area contributed by atoms with Crippen molar-refractivity contribution < 1.29 is 17.9 Å². The van der Waals surface area contributed by atoms with E-state index in [2.05, 4.69) is 0 Å². The number of ether oxygens (including phenoxy) is 2. The highest BCUT2D eigenvalue weighted by atomic mass is 32.2. The zero-order valence-electron chi connectivity index (χ0n) is 15.0. The van der Waals surface area contributed by atoms with Crippen LogP contribution in [0.5, 0.6) is 11.5 Å². The van der Waals surface area contributed by atoms with E-state index in [9.17, 15) is 8.42 Å². The molecule has 0 aliphatic rings. The second-order valence-electron chi connectivity index (χ2n) is 6.13. The molecule has 1 aromatic heterocycles. The second kappa shape index (κ2) is 7.39. The summed E-state index contributed by atoms with van der Waals surface area (Å²) in [6.07, 6.45) is 1.56. The van der Waals surface area contributed by atoms with Gasteiger partial charge < -0.3 is 14.4 Å². The number of likely N-dealkylation sites (N-methyl/N-ethyl adjacent to an activating group) is 1. The molecular formula is C19H22N2O4S. The van der Waals surface area contributed by atoms with Crippen LogP contribution in [0, 0.1) is 0 Å². The highest BCUT2D eigenvalue weighted by Gasteiger charge is 2.20. The largest absolute Gasteiger partial charge is 0.497 e. The van der Waals surface area contributed by atoms with Gasteiger partial charge in [0.1, 0.15) is 18.1 Å². The molecule has 26 heavy (non-hydrogen) atoms. The zero-order chi connectivity index (χ0) is 18.7. The molecule has 1 heterocycles. The van der Waals surface area contributed by atoms with Crippen LogP contribution in [-0.4, -0.2) is 51.6 Å². The van der Waals surface area contributed by atoms with Gasteiger partial charge in [-0.05, 0) is 56.6 Å². The Morgan fingerprint density at radius 3 is 2.42 bits per heavy atom. The van der Waals surface area contributed by atoms with Gasteiger partial charge in [0.2, 0.25) is 0 Å². The molecule has 3 aromatic rings. The summed E-state index contributed by atoms with van der Waals surface area (Å²) in [6.45, 7) is 1.31. The molecule has 2 aromatic carbocycles. The molecule has 0 atom stereocenters. The monoisotopic (exact) mass is 374 g/mol. The summed E-state index contributed by atoms with van der Waals surface area (Å²) in [6, 6.07) is 13.5. The molecule has 0 unspecified atom stereocenters. The highest BCUT2D eigenvalue weighted by molar-refractivity contribution is 7.90. The lowest BCUT2D eigenvalue weighted by atomic mass is 10.2. The molecule has 0 spiro atoms. The first-order valence-electron chi connectivity index (χ1n) is 8.21. The van der Waals surface area contributed by atoms with E-state index in [-0.39, 0.29) is 4.90 Å². The Morgan fingerprint density at radius 2 is 1.77 bits per heavy atom. The van der Waals surface area contributed by atoms with E-state index >= 15 is 0 Å². The molecule has 0 saturated heterocycles. The van der Waals surface area contributed by atoms with Crippen molar-refractivity contribution in [3.63, 3.8) is 0 Å². The first-order chi connectivity index (χ1) is 12.4. The summed E-state index contributed by atoms with van der Waals surface area (Å²) >= 11 is 0. The summed E-state index contributed by atoms with van der Waals surface area (Å²) in [5.74, 6) is 1.28. The van der Waals surface area contributed by atoms with Gasteiger partial charge in [-0.1, -0.05) is 6.07 Å². The van der Waals surface area contributed by atoms with Crippen LogP contribution < -0.4 is 9.47 Å². The second-order valence-corrected chi connectivity index (χ2v) is 7.95. The van der Waals surface area contributed by atoms with E-state index in [0.29, 0.717) is 23.6 Å². The van der Waals surface area contributed by atoms with Gasteiger partial charge in [0.25, 0.3) is 10.0 Å². The molecule has 7 heteroatoms. The standard InChI is InChI=1S/C19H22N2O4S/c1-20(2)13-14-25-19-6-4-5-18-17(19)11-12-21(18)26(22,23)16-9-7-15(24-3)8-10-16/h4-12H,13-14H2,1-3H3. The minimum absolute atomic E-state index is 0.203. The summed E-state index contributed by atoms with van der Waals surface area (Å²) in [7, 11) is 1.79. The molecule has 6 nitrogen and oxygen atoms in total. The van der Waals surface area contributed by atoms with E-state index in [0.717, 1.165) is 11.9 Å². The number of methoxy groups -OCH3 is 1. The summed E-state index contributed by atoms with van der Waals surface area (Å²) in [5.41, 5.74) is 0.586. The van der Waals surface area contributed by atoms with Gasteiger partial charge >= 0.3 is 0 Å². The van der Waals surface area contributed by atoms with Crippen LogP contribution >= 0.6 is 0 Å². The van der Waals surface area contributed by atoms with E-state index in [4.69, 9.17) is 9.47 Å². The van der Waals surface area contributed by atoms with E-state index in [1.807, 2.05) is 25.1 Å². The van der Waals surface area contributed by atoms with Crippen LogP contribution in [0.25, 0.3) is 10.9 Å². The van der Waals surface area contributed by atoms with Gasteiger partial charge in [-0.2, -0.15) is 0 Å². The van der Waals surface area contributed by atoms with Crippen molar-refractivity contribution in [2.45, 2.75) is 4.90 Å². The van der Waals surface area contributed by atoms with Crippen molar-refractivity contribution in [1.82, 2.24) is 8.87 Å². The minimum atomic E-state index is -3.70. The van der Waals surface area contributed by atoms with Crippen LogP contribution in [0.15, 0.2) is 59.6 Å². The Kier molecular flexibility index (Phi) is 5.20. The number of hydrogen-bond donors (Lipinski definition) is 0. The molecule has 0 radical (unpaired) electrons. The fraction of sp³-hybridized carbons (Fsp3) is 0.263. The molecule has 0 fully saturated rings. The average molecular weight is 374 g/mol. The van der Waals surface area contributed by atoms with Gasteiger partial charge in [0.15, 0.2) is 0 Å². The predicted molar refractivity (Wildman–Crippen MR) is 102 cm³/mol. The van der Waals surface area contributed by atoms with E-state index in [1.165, 1.54) is 16.1 Å². The number of nitrogens with zero attached hydrogens (tertiary/aromatic N) is 2. The average Bonchev–Trinajstić information content (AvgIpc) is 3.07. The van der Waals surface area contributed by atoms with Gasteiger partial charge in [0.05, 0.1) is 17.5 Å². The maximum absolute atomic E-state index is 13.0. The SMILES string of the molecule is COc1ccc(S(=O)(=O)n2ccc3c(OCCN(C)C)cccc32)cc1. The highest BCUT2D eigenvalue weighted by Crippen LogP contribution is 2.29. The van der Waals surface area contributed by atoms with Crippen molar-refractivity contribution in [3.05, 3.63) is 54.7 Å². The van der Waals surface area contributed by atoms with Crippen molar-refractivity contribution in [2.24, 2.45) is 0 Å².